The molecule has 0 saturated heterocycles. The Morgan fingerprint density at radius 1 is 1.13 bits per heavy atom. The lowest BCUT2D eigenvalue weighted by molar-refractivity contribution is -0.116. The Morgan fingerprint density at radius 2 is 1.74 bits per heavy atom. The van der Waals surface area contributed by atoms with Crippen molar-refractivity contribution in [1.82, 2.24) is 4.31 Å². The zero-order valence-electron chi connectivity index (χ0n) is 12.8. The summed E-state index contributed by atoms with van der Waals surface area (Å²) in [6.07, 6.45) is 0. The molecule has 0 fully saturated rings. The molecule has 7 heteroatoms. The fraction of sp³-hybridized carbons (Fsp3) is 0.188. The second kappa shape index (κ2) is 6.89. The van der Waals surface area contributed by atoms with Crippen molar-refractivity contribution < 1.29 is 17.6 Å². The third kappa shape index (κ3) is 4.14. The standard InChI is InChI=1S/C16H17FN2O3S/c1-12-5-3-4-6-15(12)18-16(20)11-19(2)23(21,22)14-9-7-13(17)8-10-14/h3-10H,11H2,1-2H3,(H,18,20). The molecule has 0 spiro atoms. The number of amides is 1. The minimum absolute atomic E-state index is 0.0647. The van der Waals surface area contributed by atoms with Crippen LogP contribution in [-0.2, 0) is 14.8 Å². The molecular weight excluding hydrogens is 319 g/mol. The maximum absolute atomic E-state index is 12.9. The van der Waals surface area contributed by atoms with Crippen LogP contribution in [0.3, 0.4) is 0 Å². The number of hydrogen-bond donors (Lipinski definition) is 1. The SMILES string of the molecule is Cc1ccccc1NC(=O)CN(C)S(=O)(=O)c1ccc(F)cc1. The summed E-state index contributed by atoms with van der Waals surface area (Å²) < 4.78 is 38.5. The molecule has 0 heterocycles. The number of nitrogens with zero attached hydrogens (tertiary/aromatic N) is 1. The number of carbonyl (C=O) groups excluding carboxylic acids is 1. The van der Waals surface area contributed by atoms with Gasteiger partial charge in [0.1, 0.15) is 5.82 Å². The third-order valence-corrected chi connectivity index (χ3v) is 5.12. The molecule has 0 saturated carbocycles. The molecule has 122 valence electrons. The molecule has 23 heavy (non-hydrogen) atoms. The highest BCUT2D eigenvalue weighted by molar-refractivity contribution is 7.89. The molecule has 0 atom stereocenters. The highest BCUT2D eigenvalue weighted by Crippen LogP contribution is 2.16. The van der Waals surface area contributed by atoms with E-state index in [1.165, 1.54) is 19.2 Å². The number of rotatable bonds is 5. The average Bonchev–Trinajstić information content (AvgIpc) is 2.50. The van der Waals surface area contributed by atoms with Gasteiger partial charge in [0.15, 0.2) is 0 Å². The van der Waals surface area contributed by atoms with Gasteiger partial charge in [0.25, 0.3) is 0 Å². The lowest BCUT2D eigenvalue weighted by atomic mass is 10.2. The number of halogens is 1. The van der Waals surface area contributed by atoms with Crippen LogP contribution in [0.5, 0.6) is 0 Å². The zero-order valence-corrected chi connectivity index (χ0v) is 13.6. The number of hydrogen-bond acceptors (Lipinski definition) is 3. The number of nitrogens with one attached hydrogen (secondary N) is 1. The first-order valence-corrected chi connectivity index (χ1v) is 8.32. The summed E-state index contributed by atoms with van der Waals surface area (Å²) >= 11 is 0. The number of para-hydroxylation sites is 1. The second-order valence-corrected chi connectivity index (χ2v) is 7.12. The van der Waals surface area contributed by atoms with E-state index in [-0.39, 0.29) is 11.4 Å². The quantitative estimate of drug-likeness (QED) is 0.912. The van der Waals surface area contributed by atoms with E-state index in [9.17, 15) is 17.6 Å². The van der Waals surface area contributed by atoms with Gasteiger partial charge in [-0.3, -0.25) is 4.79 Å². The van der Waals surface area contributed by atoms with E-state index in [1.54, 1.807) is 12.1 Å². The molecular formula is C16H17FN2O3S. The summed E-state index contributed by atoms with van der Waals surface area (Å²) in [5, 5.41) is 2.67. The van der Waals surface area contributed by atoms with Gasteiger partial charge in [-0.2, -0.15) is 4.31 Å². The summed E-state index contributed by atoms with van der Waals surface area (Å²) in [4.78, 5) is 12.0. The normalized spacial score (nSPS) is 11.5. The van der Waals surface area contributed by atoms with Crippen LogP contribution in [0.25, 0.3) is 0 Å². The van der Waals surface area contributed by atoms with E-state index in [0.29, 0.717) is 5.69 Å². The van der Waals surface area contributed by atoms with Crippen molar-refractivity contribution in [2.45, 2.75) is 11.8 Å². The van der Waals surface area contributed by atoms with Gasteiger partial charge in [-0.1, -0.05) is 18.2 Å². The van der Waals surface area contributed by atoms with Crippen LogP contribution in [0.4, 0.5) is 10.1 Å². The van der Waals surface area contributed by atoms with Crippen LogP contribution >= 0.6 is 0 Å². The number of benzene rings is 2. The monoisotopic (exact) mass is 336 g/mol. The molecule has 0 aromatic heterocycles. The maximum atomic E-state index is 12.9. The first-order valence-electron chi connectivity index (χ1n) is 6.88. The molecule has 2 rings (SSSR count). The smallest absolute Gasteiger partial charge is 0.243 e. The Hall–Kier alpha value is -2.25. The highest BCUT2D eigenvalue weighted by atomic mass is 32.2. The van der Waals surface area contributed by atoms with Crippen molar-refractivity contribution >= 4 is 21.6 Å². The molecule has 0 aliphatic carbocycles. The van der Waals surface area contributed by atoms with Gasteiger partial charge in [-0.05, 0) is 42.8 Å². The van der Waals surface area contributed by atoms with Crippen LogP contribution in [0.2, 0.25) is 0 Å². The minimum atomic E-state index is -3.85. The van der Waals surface area contributed by atoms with Crippen LogP contribution in [-0.4, -0.2) is 32.2 Å². The first kappa shape index (κ1) is 17.1. The Morgan fingerprint density at radius 3 is 2.35 bits per heavy atom. The lowest BCUT2D eigenvalue weighted by Crippen LogP contribution is -2.35. The molecule has 1 amide bonds. The van der Waals surface area contributed by atoms with Crippen LogP contribution in [0.15, 0.2) is 53.4 Å². The van der Waals surface area contributed by atoms with Gasteiger partial charge in [0.2, 0.25) is 15.9 Å². The Bertz CT molecular complexity index is 804. The van der Waals surface area contributed by atoms with E-state index in [2.05, 4.69) is 5.32 Å². The van der Waals surface area contributed by atoms with E-state index >= 15 is 0 Å². The fourth-order valence-electron chi connectivity index (χ4n) is 1.98. The van der Waals surface area contributed by atoms with Gasteiger partial charge in [-0.25, -0.2) is 12.8 Å². The van der Waals surface area contributed by atoms with E-state index < -0.39 is 21.7 Å². The van der Waals surface area contributed by atoms with Gasteiger partial charge >= 0.3 is 0 Å². The van der Waals surface area contributed by atoms with Crippen molar-refractivity contribution in [2.75, 3.05) is 18.9 Å². The predicted molar refractivity (Wildman–Crippen MR) is 86.0 cm³/mol. The zero-order chi connectivity index (χ0) is 17.0. The van der Waals surface area contributed by atoms with Gasteiger partial charge in [0.05, 0.1) is 11.4 Å². The molecule has 2 aromatic rings. The molecule has 5 nitrogen and oxygen atoms in total. The van der Waals surface area contributed by atoms with E-state index in [4.69, 9.17) is 0 Å². The predicted octanol–water partition coefficient (Wildman–Crippen LogP) is 2.39. The summed E-state index contributed by atoms with van der Waals surface area (Å²) in [5.74, 6) is -0.976. The molecule has 2 aromatic carbocycles. The van der Waals surface area contributed by atoms with E-state index in [1.807, 2.05) is 19.1 Å². The Kier molecular flexibility index (Phi) is 5.12. The average molecular weight is 336 g/mol. The van der Waals surface area contributed by atoms with Crippen LogP contribution < -0.4 is 5.32 Å². The topological polar surface area (TPSA) is 66.5 Å². The summed E-state index contributed by atoms with van der Waals surface area (Å²) in [5.41, 5.74) is 1.51. The number of carbonyl (C=O) groups is 1. The molecule has 1 N–H and O–H groups in total. The largest absolute Gasteiger partial charge is 0.325 e. The van der Waals surface area contributed by atoms with Gasteiger partial charge in [-0.15, -0.1) is 0 Å². The Balaban J connectivity index is 2.08. The summed E-state index contributed by atoms with van der Waals surface area (Å²) in [7, 11) is -2.55. The number of aryl methyl sites for hydroxylation is 1. The molecule has 0 bridgehead atoms. The molecule has 0 aliphatic rings. The Labute approximate surface area is 134 Å². The van der Waals surface area contributed by atoms with Gasteiger partial charge < -0.3 is 5.32 Å². The lowest BCUT2D eigenvalue weighted by Gasteiger charge is -2.17. The summed E-state index contributed by atoms with van der Waals surface area (Å²) in [6.45, 7) is 1.50. The van der Waals surface area contributed by atoms with E-state index in [0.717, 1.165) is 22.0 Å². The molecule has 0 aliphatic heterocycles. The molecule has 0 unspecified atom stereocenters. The summed E-state index contributed by atoms with van der Waals surface area (Å²) in [6, 6.07) is 11.7. The molecule has 0 radical (unpaired) electrons. The first-order chi connectivity index (χ1) is 10.8. The minimum Gasteiger partial charge on any atom is -0.325 e. The van der Waals surface area contributed by atoms with Crippen LogP contribution in [0, 0.1) is 12.7 Å². The van der Waals surface area contributed by atoms with Crippen molar-refractivity contribution in [3.63, 3.8) is 0 Å². The number of anilines is 1. The van der Waals surface area contributed by atoms with Gasteiger partial charge in [0, 0.05) is 12.7 Å². The highest BCUT2D eigenvalue weighted by Gasteiger charge is 2.23. The van der Waals surface area contributed by atoms with Crippen LogP contribution in [0.1, 0.15) is 5.56 Å². The third-order valence-electron chi connectivity index (χ3n) is 3.31. The number of likely N-dealkylation sites (N-methyl/N-ethyl adjacent to an activating group) is 1. The second-order valence-electron chi connectivity index (χ2n) is 5.08. The van der Waals surface area contributed by atoms with Crippen molar-refractivity contribution in [3.05, 3.63) is 59.9 Å². The number of sulfonamides is 1. The fourth-order valence-corrected chi connectivity index (χ4v) is 3.10. The van der Waals surface area contributed by atoms with Crippen molar-refractivity contribution in [3.8, 4) is 0 Å². The van der Waals surface area contributed by atoms with Crippen molar-refractivity contribution in [1.29, 1.82) is 0 Å². The maximum Gasteiger partial charge on any atom is 0.243 e. The van der Waals surface area contributed by atoms with Crippen molar-refractivity contribution in [2.24, 2.45) is 0 Å².